The lowest BCUT2D eigenvalue weighted by atomic mass is 9.95. The number of benzene rings is 2. The number of carbonyl (C=O) groups excluding carboxylic acids is 2. The Labute approximate surface area is 224 Å². The van der Waals surface area contributed by atoms with E-state index in [1.807, 2.05) is 35.7 Å². The number of urea groups is 1. The van der Waals surface area contributed by atoms with Crippen molar-refractivity contribution < 1.29 is 18.7 Å². The highest BCUT2D eigenvalue weighted by atomic mass is 32.1. The van der Waals surface area contributed by atoms with E-state index < -0.39 is 12.0 Å². The average Bonchev–Trinajstić information content (AvgIpc) is 3.51. The quantitative estimate of drug-likeness (QED) is 0.294. The predicted octanol–water partition coefficient (Wildman–Crippen LogP) is 6.87. The summed E-state index contributed by atoms with van der Waals surface area (Å²) in [6.45, 7) is 2.47. The first-order chi connectivity index (χ1) is 18.5. The van der Waals surface area contributed by atoms with E-state index in [0.717, 1.165) is 30.0 Å². The van der Waals surface area contributed by atoms with Gasteiger partial charge in [-0.05, 0) is 92.3 Å². The van der Waals surface area contributed by atoms with Crippen LogP contribution in [0.3, 0.4) is 0 Å². The van der Waals surface area contributed by atoms with Crippen LogP contribution in [0.5, 0.6) is 0 Å². The summed E-state index contributed by atoms with van der Waals surface area (Å²) in [6, 6.07) is 16.4. The van der Waals surface area contributed by atoms with Gasteiger partial charge in [0, 0.05) is 22.3 Å². The highest BCUT2D eigenvalue weighted by Gasteiger charge is 2.36. The number of esters is 1. The Morgan fingerprint density at radius 3 is 2.66 bits per heavy atom. The lowest BCUT2D eigenvalue weighted by Gasteiger charge is -2.31. The Balaban J connectivity index is 1.41. The summed E-state index contributed by atoms with van der Waals surface area (Å²) in [4.78, 5) is 29.2. The van der Waals surface area contributed by atoms with Crippen LogP contribution in [0, 0.1) is 5.82 Å². The second kappa shape index (κ2) is 10.1. The molecule has 0 radical (unpaired) electrons. The van der Waals surface area contributed by atoms with Gasteiger partial charge in [0.15, 0.2) is 0 Å². The van der Waals surface area contributed by atoms with Crippen LogP contribution in [-0.2, 0) is 24.1 Å². The Morgan fingerprint density at radius 1 is 1.05 bits per heavy atom. The highest BCUT2D eigenvalue weighted by Crippen LogP contribution is 2.44. The fourth-order valence-electron chi connectivity index (χ4n) is 5.51. The molecule has 38 heavy (non-hydrogen) atoms. The van der Waals surface area contributed by atoms with Crippen LogP contribution in [0.4, 0.5) is 14.9 Å². The minimum atomic E-state index is -0.488. The summed E-state index contributed by atoms with van der Waals surface area (Å²) in [6.07, 6.45) is 6.44. The first-order valence-electron chi connectivity index (χ1n) is 12.9. The number of hydrogen-bond donors (Lipinski definition) is 1. The molecule has 6 rings (SSSR count). The smallest absolute Gasteiger partial charge is 0.338 e. The number of aryl methyl sites for hydroxylation is 1. The molecule has 1 aliphatic carbocycles. The van der Waals surface area contributed by atoms with Gasteiger partial charge in [0.05, 0.1) is 30.5 Å². The van der Waals surface area contributed by atoms with Crippen molar-refractivity contribution in [3.63, 3.8) is 0 Å². The van der Waals surface area contributed by atoms with Crippen LogP contribution < -0.4 is 5.32 Å². The lowest BCUT2D eigenvalue weighted by molar-refractivity contribution is 0.0526. The summed E-state index contributed by atoms with van der Waals surface area (Å²) in [5.41, 5.74) is 5.14. The number of ether oxygens (including phenoxy) is 1. The van der Waals surface area contributed by atoms with E-state index in [-0.39, 0.29) is 11.8 Å². The highest BCUT2D eigenvalue weighted by molar-refractivity contribution is 7.15. The molecule has 1 atom stereocenters. The van der Waals surface area contributed by atoms with E-state index >= 15 is 0 Å². The number of anilines is 1. The fourth-order valence-corrected chi connectivity index (χ4v) is 6.92. The third kappa shape index (κ3) is 4.39. The first-order valence-corrected chi connectivity index (χ1v) is 13.8. The summed E-state index contributed by atoms with van der Waals surface area (Å²) >= 11 is 1.81. The van der Waals surface area contributed by atoms with Crippen molar-refractivity contribution in [2.24, 2.45) is 0 Å². The van der Waals surface area contributed by atoms with E-state index in [1.54, 1.807) is 42.2 Å². The topological polar surface area (TPSA) is 63.6 Å². The molecule has 8 heteroatoms. The molecular formula is C30H28FN3O3S. The van der Waals surface area contributed by atoms with Gasteiger partial charge in [-0.2, -0.15) is 0 Å². The van der Waals surface area contributed by atoms with Gasteiger partial charge in [0.2, 0.25) is 0 Å². The minimum Gasteiger partial charge on any atom is -0.462 e. The summed E-state index contributed by atoms with van der Waals surface area (Å²) in [7, 11) is 0. The summed E-state index contributed by atoms with van der Waals surface area (Å²) < 4.78 is 21.7. The number of nitrogens with zero attached hydrogens (tertiary/aromatic N) is 2. The molecule has 3 heterocycles. The first kappa shape index (κ1) is 24.4. The normalized spacial score (nSPS) is 16.2. The van der Waals surface area contributed by atoms with Gasteiger partial charge in [-0.1, -0.05) is 12.1 Å². The average molecular weight is 530 g/mol. The van der Waals surface area contributed by atoms with Gasteiger partial charge < -0.3 is 19.5 Å². The van der Waals surface area contributed by atoms with Crippen LogP contribution in [0.1, 0.15) is 63.4 Å². The molecule has 6 nitrogen and oxygen atoms in total. The zero-order valence-electron chi connectivity index (χ0n) is 21.1. The molecule has 0 saturated carbocycles. The second-order valence-electron chi connectivity index (χ2n) is 9.61. The van der Waals surface area contributed by atoms with Crippen LogP contribution >= 0.6 is 11.3 Å². The van der Waals surface area contributed by atoms with Crippen LogP contribution in [-0.4, -0.2) is 28.1 Å². The molecule has 4 aromatic rings. The number of thiophene rings is 1. The van der Waals surface area contributed by atoms with Crippen molar-refractivity contribution in [1.29, 1.82) is 0 Å². The van der Waals surface area contributed by atoms with Crippen LogP contribution in [0.2, 0.25) is 0 Å². The van der Waals surface area contributed by atoms with Crippen molar-refractivity contribution in [3.05, 3.63) is 106 Å². The number of aromatic nitrogens is 1. The Hall–Kier alpha value is -3.91. The molecule has 2 aromatic heterocycles. The molecule has 0 saturated heterocycles. The Bertz CT molecular complexity index is 1510. The van der Waals surface area contributed by atoms with Crippen molar-refractivity contribution in [2.45, 2.75) is 45.2 Å². The Kier molecular flexibility index (Phi) is 6.49. The maximum atomic E-state index is 14.4. The van der Waals surface area contributed by atoms with Gasteiger partial charge in [-0.25, -0.2) is 14.0 Å². The second-order valence-corrected chi connectivity index (χ2v) is 10.7. The van der Waals surface area contributed by atoms with E-state index in [2.05, 4.69) is 9.88 Å². The van der Waals surface area contributed by atoms with Gasteiger partial charge in [-0.3, -0.25) is 0 Å². The van der Waals surface area contributed by atoms with Crippen molar-refractivity contribution in [3.8, 4) is 5.00 Å². The molecular weight excluding hydrogens is 501 g/mol. The predicted molar refractivity (Wildman–Crippen MR) is 145 cm³/mol. The van der Waals surface area contributed by atoms with Crippen molar-refractivity contribution >= 4 is 29.0 Å². The molecule has 2 aliphatic rings. The van der Waals surface area contributed by atoms with Gasteiger partial charge >= 0.3 is 12.0 Å². The number of halogens is 1. The Morgan fingerprint density at radius 2 is 1.87 bits per heavy atom. The number of rotatable bonds is 4. The third-order valence-electron chi connectivity index (χ3n) is 7.25. The van der Waals surface area contributed by atoms with E-state index in [9.17, 15) is 14.0 Å². The molecule has 1 aliphatic heterocycles. The van der Waals surface area contributed by atoms with Crippen LogP contribution in [0.25, 0.3) is 5.00 Å². The molecule has 2 amide bonds. The van der Waals surface area contributed by atoms with Gasteiger partial charge in [0.1, 0.15) is 10.8 Å². The number of fused-ring (bicyclic) bond motifs is 5. The monoisotopic (exact) mass is 529 g/mol. The standard InChI is InChI=1S/C30H28FN3O3S/c1-2-37-29(35)19-12-14-22(15-13-19)32-30(36)34-18-24-23-9-3-4-11-26(23)38-28(24)33-16-6-10-25(33)27(34)20-7-5-8-21(31)17-20/h5-8,10,12-17,27H,2-4,9,11,18H2,1H3,(H,32,36)/t27-/m1/s1. The summed E-state index contributed by atoms with van der Waals surface area (Å²) in [5, 5.41) is 4.16. The minimum absolute atomic E-state index is 0.292. The zero-order valence-corrected chi connectivity index (χ0v) is 21.9. The summed E-state index contributed by atoms with van der Waals surface area (Å²) in [5.74, 6) is -0.744. The third-order valence-corrected chi connectivity index (χ3v) is 8.58. The molecule has 1 N–H and O–H groups in total. The molecule has 0 unspecified atom stereocenters. The zero-order chi connectivity index (χ0) is 26.2. The lowest BCUT2D eigenvalue weighted by Crippen LogP contribution is -2.38. The number of amides is 2. The van der Waals surface area contributed by atoms with Gasteiger partial charge in [0.25, 0.3) is 0 Å². The maximum absolute atomic E-state index is 14.4. The fraction of sp³-hybridized carbons (Fsp3) is 0.267. The maximum Gasteiger partial charge on any atom is 0.338 e. The van der Waals surface area contributed by atoms with E-state index in [1.165, 1.54) is 34.6 Å². The largest absolute Gasteiger partial charge is 0.462 e. The van der Waals surface area contributed by atoms with E-state index in [0.29, 0.717) is 30.0 Å². The van der Waals surface area contributed by atoms with Crippen LogP contribution in [0.15, 0.2) is 66.9 Å². The molecule has 194 valence electrons. The van der Waals surface area contributed by atoms with Crippen molar-refractivity contribution in [1.82, 2.24) is 9.47 Å². The molecule has 0 fully saturated rings. The SMILES string of the molecule is CCOC(=O)c1ccc(NC(=O)N2Cc3c(sc4c3CCCC4)-n3cccc3[C@H]2c2cccc(F)c2)cc1. The molecule has 0 spiro atoms. The van der Waals surface area contributed by atoms with E-state index in [4.69, 9.17) is 4.74 Å². The molecule has 2 aromatic carbocycles. The van der Waals surface area contributed by atoms with Crippen molar-refractivity contribution in [2.75, 3.05) is 11.9 Å². The molecule has 0 bridgehead atoms. The number of hydrogen-bond acceptors (Lipinski definition) is 4. The number of nitrogens with one attached hydrogen (secondary N) is 1. The number of carbonyl (C=O) groups is 2. The van der Waals surface area contributed by atoms with Gasteiger partial charge in [-0.15, -0.1) is 11.3 Å².